The summed E-state index contributed by atoms with van der Waals surface area (Å²) in [6.07, 6.45) is 1.40. The van der Waals surface area contributed by atoms with Crippen LogP contribution in [-0.4, -0.2) is 20.6 Å². The van der Waals surface area contributed by atoms with Crippen LogP contribution in [0.1, 0.15) is 12.0 Å². The lowest BCUT2D eigenvalue weighted by Gasteiger charge is -2.07. The Morgan fingerprint density at radius 2 is 2.00 bits per heavy atom. The van der Waals surface area contributed by atoms with Crippen molar-refractivity contribution in [1.29, 1.82) is 0 Å². The lowest BCUT2D eigenvalue weighted by atomic mass is 10.1. The van der Waals surface area contributed by atoms with E-state index in [1.54, 1.807) is 12.1 Å². The number of carbonyl (C=O) groups excluding carboxylic acids is 1. The number of carbonyl (C=O) groups is 1. The molecule has 0 unspecified atom stereocenters. The van der Waals surface area contributed by atoms with Crippen molar-refractivity contribution in [3.63, 3.8) is 0 Å². The van der Waals surface area contributed by atoms with Gasteiger partial charge in [-0.3, -0.25) is 14.2 Å². The molecular formula is C21H16ClFN4O3. The second-order valence-electron chi connectivity index (χ2n) is 6.62. The molecule has 4 aromatic rings. The van der Waals surface area contributed by atoms with E-state index < -0.39 is 5.82 Å². The molecule has 1 N–H and O–H groups in total. The summed E-state index contributed by atoms with van der Waals surface area (Å²) >= 11 is 5.93. The Bertz CT molecular complexity index is 1270. The topological polar surface area (TPSA) is 90.0 Å². The molecule has 0 aliphatic rings. The van der Waals surface area contributed by atoms with E-state index in [-0.39, 0.29) is 41.2 Å². The Balaban J connectivity index is 1.48. The molecular weight excluding hydrogens is 411 g/mol. The first-order valence-corrected chi connectivity index (χ1v) is 9.51. The molecule has 0 fully saturated rings. The fourth-order valence-electron chi connectivity index (χ4n) is 3.00. The quantitative estimate of drug-likeness (QED) is 0.509. The van der Waals surface area contributed by atoms with Crippen LogP contribution in [-0.2, 0) is 17.9 Å². The molecule has 4 rings (SSSR count). The number of aryl methyl sites for hydroxylation is 1. The zero-order valence-corrected chi connectivity index (χ0v) is 16.4. The van der Waals surface area contributed by atoms with Crippen molar-refractivity contribution in [1.82, 2.24) is 20.0 Å². The minimum Gasteiger partial charge on any atom is -0.352 e. The molecule has 0 aliphatic heterocycles. The molecule has 2 aromatic heterocycles. The second-order valence-corrected chi connectivity index (χ2v) is 7.05. The van der Waals surface area contributed by atoms with Gasteiger partial charge in [0.2, 0.25) is 5.91 Å². The molecule has 0 saturated heterocycles. The van der Waals surface area contributed by atoms with Gasteiger partial charge < -0.3 is 9.84 Å². The summed E-state index contributed by atoms with van der Waals surface area (Å²) in [6, 6.07) is 12.8. The second kappa shape index (κ2) is 8.46. The molecule has 0 spiro atoms. The van der Waals surface area contributed by atoms with Crippen LogP contribution in [0.2, 0.25) is 5.02 Å². The number of amides is 1. The van der Waals surface area contributed by atoms with Gasteiger partial charge in [0.15, 0.2) is 0 Å². The number of hydrogen-bond donors (Lipinski definition) is 1. The Labute approximate surface area is 175 Å². The van der Waals surface area contributed by atoms with Gasteiger partial charge in [-0.05, 0) is 42.0 Å². The molecule has 9 heteroatoms. The van der Waals surface area contributed by atoms with Gasteiger partial charge in [0.25, 0.3) is 11.3 Å². The van der Waals surface area contributed by atoms with Crippen LogP contribution in [0.4, 0.5) is 4.39 Å². The van der Waals surface area contributed by atoms with Crippen LogP contribution >= 0.6 is 11.6 Å². The van der Waals surface area contributed by atoms with Crippen LogP contribution in [0.3, 0.4) is 0 Å². The van der Waals surface area contributed by atoms with Gasteiger partial charge in [-0.15, -0.1) is 0 Å². The average Bonchev–Trinajstić information content (AvgIpc) is 3.17. The normalized spacial score (nSPS) is 11.0. The third-order valence-corrected chi connectivity index (χ3v) is 4.77. The predicted molar refractivity (Wildman–Crippen MR) is 109 cm³/mol. The van der Waals surface area contributed by atoms with E-state index in [9.17, 15) is 14.0 Å². The highest BCUT2D eigenvalue weighted by Crippen LogP contribution is 2.24. The lowest BCUT2D eigenvalue weighted by molar-refractivity contribution is -0.121. The largest absolute Gasteiger partial charge is 0.352 e. The summed E-state index contributed by atoms with van der Waals surface area (Å²) in [5.74, 6) is -0.614. The molecule has 2 heterocycles. The van der Waals surface area contributed by atoms with Crippen LogP contribution in [0, 0.1) is 5.82 Å². The number of rotatable bonds is 6. The fourth-order valence-corrected chi connectivity index (χ4v) is 3.22. The van der Waals surface area contributed by atoms with Crippen LogP contribution in [0.5, 0.6) is 0 Å². The molecule has 0 bridgehead atoms. The Morgan fingerprint density at radius 3 is 2.77 bits per heavy atom. The zero-order valence-electron chi connectivity index (χ0n) is 15.6. The predicted octanol–water partition coefficient (Wildman–Crippen LogP) is 3.55. The SMILES string of the molecule is O=C(CCn1cnc2onc(-c3ccc(F)cc3)c2c1=O)NCc1cccc(Cl)c1. The van der Waals surface area contributed by atoms with Crippen molar-refractivity contribution in [3.05, 3.63) is 81.6 Å². The van der Waals surface area contributed by atoms with E-state index in [1.807, 2.05) is 12.1 Å². The molecule has 0 aliphatic carbocycles. The highest BCUT2D eigenvalue weighted by Gasteiger charge is 2.17. The molecule has 152 valence electrons. The Morgan fingerprint density at radius 1 is 1.20 bits per heavy atom. The van der Waals surface area contributed by atoms with Crippen molar-refractivity contribution >= 4 is 28.6 Å². The maximum Gasteiger partial charge on any atom is 0.266 e. The molecule has 1 amide bonds. The Hall–Kier alpha value is -3.52. The van der Waals surface area contributed by atoms with E-state index in [2.05, 4.69) is 15.5 Å². The van der Waals surface area contributed by atoms with Gasteiger partial charge in [-0.1, -0.05) is 28.9 Å². The van der Waals surface area contributed by atoms with Gasteiger partial charge in [0.05, 0.1) is 0 Å². The van der Waals surface area contributed by atoms with Crippen molar-refractivity contribution in [2.75, 3.05) is 0 Å². The van der Waals surface area contributed by atoms with Crippen LogP contribution in [0.25, 0.3) is 22.4 Å². The summed E-state index contributed by atoms with van der Waals surface area (Å²) in [5.41, 5.74) is 1.39. The number of fused-ring (bicyclic) bond motifs is 1. The molecule has 0 saturated carbocycles. The maximum absolute atomic E-state index is 13.2. The van der Waals surface area contributed by atoms with Gasteiger partial charge in [-0.25, -0.2) is 9.37 Å². The number of hydrogen-bond acceptors (Lipinski definition) is 5. The summed E-state index contributed by atoms with van der Waals surface area (Å²) < 4.78 is 19.6. The highest BCUT2D eigenvalue weighted by atomic mass is 35.5. The third-order valence-electron chi connectivity index (χ3n) is 4.54. The first-order valence-electron chi connectivity index (χ1n) is 9.13. The summed E-state index contributed by atoms with van der Waals surface area (Å²) in [5, 5.41) is 7.47. The average molecular weight is 427 g/mol. The van der Waals surface area contributed by atoms with Crippen molar-refractivity contribution in [2.45, 2.75) is 19.5 Å². The summed E-state index contributed by atoms with van der Waals surface area (Å²) in [6.45, 7) is 0.475. The van der Waals surface area contributed by atoms with E-state index in [0.29, 0.717) is 17.1 Å². The van der Waals surface area contributed by atoms with Gasteiger partial charge in [0.1, 0.15) is 23.2 Å². The highest BCUT2D eigenvalue weighted by molar-refractivity contribution is 6.30. The Kier molecular flexibility index (Phi) is 5.58. The van der Waals surface area contributed by atoms with E-state index in [0.717, 1.165) is 5.56 Å². The number of benzene rings is 2. The third kappa shape index (κ3) is 4.23. The molecule has 0 atom stereocenters. The van der Waals surface area contributed by atoms with Gasteiger partial charge >= 0.3 is 0 Å². The van der Waals surface area contributed by atoms with Crippen LogP contribution < -0.4 is 10.9 Å². The first-order chi connectivity index (χ1) is 14.5. The van der Waals surface area contributed by atoms with Gasteiger partial charge in [0, 0.05) is 30.1 Å². The van der Waals surface area contributed by atoms with Gasteiger partial charge in [-0.2, -0.15) is 0 Å². The maximum atomic E-state index is 13.2. The summed E-state index contributed by atoms with van der Waals surface area (Å²) in [7, 11) is 0. The number of nitrogens with zero attached hydrogens (tertiary/aromatic N) is 3. The molecule has 7 nitrogen and oxygen atoms in total. The monoisotopic (exact) mass is 426 g/mol. The molecule has 2 aromatic carbocycles. The number of halogens is 2. The minimum atomic E-state index is -0.397. The minimum absolute atomic E-state index is 0.0842. The van der Waals surface area contributed by atoms with E-state index >= 15 is 0 Å². The van der Waals surface area contributed by atoms with E-state index in [1.165, 1.54) is 35.2 Å². The van der Waals surface area contributed by atoms with Crippen molar-refractivity contribution in [3.8, 4) is 11.3 Å². The molecule has 30 heavy (non-hydrogen) atoms. The van der Waals surface area contributed by atoms with Crippen molar-refractivity contribution < 1.29 is 13.7 Å². The number of nitrogens with one attached hydrogen (secondary N) is 1. The smallest absolute Gasteiger partial charge is 0.266 e. The van der Waals surface area contributed by atoms with E-state index in [4.69, 9.17) is 16.1 Å². The summed E-state index contributed by atoms with van der Waals surface area (Å²) in [4.78, 5) is 29.2. The lowest BCUT2D eigenvalue weighted by Crippen LogP contribution is -2.27. The standard InChI is InChI=1S/C21H16ClFN4O3/c22-15-3-1-2-13(10-15)11-24-17(28)8-9-27-12-25-20-18(21(27)29)19(26-30-20)14-4-6-16(23)7-5-14/h1-7,10,12H,8-9,11H2,(H,24,28). The number of aromatic nitrogens is 3. The first kappa shape index (κ1) is 19.8. The fraction of sp³-hybridized carbons (Fsp3) is 0.143. The molecule has 0 radical (unpaired) electrons. The zero-order chi connectivity index (χ0) is 21.1. The van der Waals surface area contributed by atoms with Crippen LogP contribution in [0.15, 0.2) is 64.2 Å². The van der Waals surface area contributed by atoms with Crippen molar-refractivity contribution in [2.24, 2.45) is 0 Å².